The van der Waals surface area contributed by atoms with Crippen LogP contribution in [0.1, 0.15) is 36.6 Å². The first kappa shape index (κ1) is 17.9. The van der Waals surface area contributed by atoms with Crippen LogP contribution in [0.2, 0.25) is 10.0 Å². The van der Waals surface area contributed by atoms with Gasteiger partial charge in [0.2, 0.25) is 11.9 Å². The fourth-order valence-corrected chi connectivity index (χ4v) is 3.95. The first-order chi connectivity index (χ1) is 13.0. The molecule has 2 aromatic carbocycles. The van der Waals surface area contributed by atoms with Gasteiger partial charge in [-0.1, -0.05) is 41.4 Å². The summed E-state index contributed by atoms with van der Waals surface area (Å²) in [5.74, 6) is 1.69. The summed E-state index contributed by atoms with van der Waals surface area (Å²) in [5, 5.41) is 8.97. The number of hydrogen-bond acceptors (Lipinski definition) is 5. The first-order valence-corrected chi connectivity index (χ1v) is 9.47. The molecule has 4 rings (SSSR count). The van der Waals surface area contributed by atoms with Crippen LogP contribution in [0.15, 0.2) is 42.5 Å². The third-order valence-corrected chi connectivity index (χ3v) is 5.18. The quantitative estimate of drug-likeness (QED) is 0.659. The SMILES string of the molecule is CCOc1ccc(C2CC(c3ccc(Cl)cc3Cl)Nc3nc(N)nn32)cc1. The van der Waals surface area contributed by atoms with Crippen molar-refractivity contribution in [3.63, 3.8) is 0 Å². The molecule has 0 saturated heterocycles. The van der Waals surface area contributed by atoms with E-state index in [0.29, 0.717) is 22.6 Å². The lowest BCUT2D eigenvalue weighted by Crippen LogP contribution is -2.28. The first-order valence-electron chi connectivity index (χ1n) is 8.71. The van der Waals surface area contributed by atoms with Crippen molar-refractivity contribution in [3.05, 3.63) is 63.6 Å². The number of nitrogens with one attached hydrogen (secondary N) is 1. The standard InChI is InChI=1S/C19H19Cl2N5O/c1-2-27-13-6-3-11(4-7-13)17-10-16(14-8-5-12(20)9-15(14)21)23-19-24-18(22)25-26(17)19/h3-9,16-17H,2,10H2,1H3,(H3,22,23,24,25). The smallest absolute Gasteiger partial charge is 0.241 e. The average Bonchev–Trinajstić information content (AvgIpc) is 3.02. The van der Waals surface area contributed by atoms with E-state index in [2.05, 4.69) is 15.4 Å². The number of aromatic nitrogens is 3. The van der Waals surface area contributed by atoms with Crippen LogP contribution in [0.5, 0.6) is 5.75 Å². The number of rotatable bonds is 4. The number of anilines is 2. The Morgan fingerprint density at radius 1 is 1.22 bits per heavy atom. The Bertz CT molecular complexity index is 957. The molecule has 6 nitrogen and oxygen atoms in total. The Balaban J connectivity index is 1.71. The normalized spacial score (nSPS) is 18.6. The summed E-state index contributed by atoms with van der Waals surface area (Å²) in [6, 6.07) is 13.5. The van der Waals surface area contributed by atoms with Crippen LogP contribution in [-0.4, -0.2) is 21.4 Å². The Hall–Kier alpha value is -2.44. The van der Waals surface area contributed by atoms with Gasteiger partial charge in [-0.25, -0.2) is 4.68 Å². The monoisotopic (exact) mass is 403 g/mol. The van der Waals surface area contributed by atoms with Gasteiger partial charge in [0.1, 0.15) is 5.75 Å². The lowest BCUT2D eigenvalue weighted by atomic mass is 9.93. The highest BCUT2D eigenvalue weighted by Crippen LogP contribution is 2.40. The van der Waals surface area contributed by atoms with E-state index < -0.39 is 0 Å². The lowest BCUT2D eigenvalue weighted by molar-refractivity contribution is 0.340. The van der Waals surface area contributed by atoms with Crippen LogP contribution >= 0.6 is 23.2 Å². The van der Waals surface area contributed by atoms with Gasteiger partial charge in [0.15, 0.2) is 0 Å². The zero-order valence-corrected chi connectivity index (χ0v) is 16.2. The van der Waals surface area contributed by atoms with Crippen LogP contribution in [0.4, 0.5) is 11.9 Å². The van der Waals surface area contributed by atoms with Gasteiger partial charge in [0.25, 0.3) is 0 Å². The molecule has 1 aliphatic heterocycles. The average molecular weight is 404 g/mol. The molecule has 0 spiro atoms. The molecule has 3 N–H and O–H groups in total. The fourth-order valence-electron chi connectivity index (χ4n) is 3.41. The molecule has 0 aliphatic carbocycles. The second-order valence-corrected chi connectivity index (χ2v) is 7.20. The van der Waals surface area contributed by atoms with E-state index in [1.165, 1.54) is 0 Å². The highest BCUT2D eigenvalue weighted by Gasteiger charge is 2.31. The molecule has 8 heteroatoms. The summed E-state index contributed by atoms with van der Waals surface area (Å²) in [4.78, 5) is 4.32. The van der Waals surface area contributed by atoms with Crippen LogP contribution in [0.25, 0.3) is 0 Å². The second-order valence-electron chi connectivity index (χ2n) is 6.35. The van der Waals surface area contributed by atoms with Gasteiger partial charge < -0.3 is 15.8 Å². The predicted octanol–water partition coefficient (Wildman–Crippen LogP) is 4.71. The zero-order valence-electron chi connectivity index (χ0n) is 14.7. The minimum Gasteiger partial charge on any atom is -0.494 e. The minimum atomic E-state index is -0.0394. The molecular formula is C19H19Cl2N5O. The van der Waals surface area contributed by atoms with Crippen molar-refractivity contribution < 1.29 is 4.74 Å². The van der Waals surface area contributed by atoms with E-state index in [1.54, 1.807) is 6.07 Å². The summed E-state index contributed by atoms with van der Waals surface area (Å²) >= 11 is 12.5. The number of hydrogen-bond donors (Lipinski definition) is 2. The lowest BCUT2D eigenvalue weighted by Gasteiger charge is -2.32. The van der Waals surface area contributed by atoms with E-state index >= 15 is 0 Å². The largest absolute Gasteiger partial charge is 0.494 e. The number of ether oxygens (including phenoxy) is 1. The van der Waals surface area contributed by atoms with Crippen LogP contribution in [0, 0.1) is 0 Å². The van der Waals surface area contributed by atoms with Crippen molar-refractivity contribution in [2.24, 2.45) is 0 Å². The van der Waals surface area contributed by atoms with Gasteiger partial charge >= 0.3 is 0 Å². The van der Waals surface area contributed by atoms with Crippen molar-refractivity contribution in [2.45, 2.75) is 25.4 Å². The van der Waals surface area contributed by atoms with Gasteiger partial charge in [-0.15, -0.1) is 5.10 Å². The number of nitrogens with zero attached hydrogens (tertiary/aromatic N) is 3. The van der Waals surface area contributed by atoms with Crippen molar-refractivity contribution in [1.82, 2.24) is 14.8 Å². The Labute approximate surface area is 167 Å². The third-order valence-electron chi connectivity index (χ3n) is 4.62. The second kappa shape index (κ2) is 7.29. The maximum Gasteiger partial charge on any atom is 0.241 e. The molecule has 2 heterocycles. The minimum absolute atomic E-state index is 0.0292. The third kappa shape index (κ3) is 3.55. The van der Waals surface area contributed by atoms with Gasteiger partial charge in [0, 0.05) is 10.0 Å². The molecule has 0 saturated carbocycles. The molecule has 3 aromatic rings. The zero-order chi connectivity index (χ0) is 19.0. The van der Waals surface area contributed by atoms with Crippen LogP contribution < -0.4 is 15.8 Å². The molecule has 1 aliphatic rings. The molecular weight excluding hydrogens is 385 g/mol. The number of nitrogen functional groups attached to an aromatic ring is 1. The molecule has 0 fully saturated rings. The molecule has 0 radical (unpaired) electrons. The van der Waals surface area contributed by atoms with E-state index in [0.717, 1.165) is 23.3 Å². The predicted molar refractivity (Wildman–Crippen MR) is 108 cm³/mol. The van der Waals surface area contributed by atoms with E-state index in [-0.39, 0.29) is 18.0 Å². The van der Waals surface area contributed by atoms with Gasteiger partial charge in [0.05, 0.1) is 18.7 Å². The van der Waals surface area contributed by atoms with Crippen molar-refractivity contribution in [3.8, 4) is 5.75 Å². The van der Waals surface area contributed by atoms with Gasteiger partial charge in [-0.2, -0.15) is 4.98 Å². The summed E-state index contributed by atoms with van der Waals surface area (Å²) in [6.07, 6.45) is 0.741. The van der Waals surface area contributed by atoms with E-state index in [1.807, 2.05) is 48.0 Å². The summed E-state index contributed by atoms with van der Waals surface area (Å²) in [5.41, 5.74) is 7.91. The molecule has 27 heavy (non-hydrogen) atoms. The maximum atomic E-state index is 6.44. The Kier molecular flexibility index (Phi) is 4.85. The summed E-state index contributed by atoms with van der Waals surface area (Å²) in [6.45, 7) is 2.60. The highest BCUT2D eigenvalue weighted by atomic mass is 35.5. The number of halogens is 2. The molecule has 2 unspecified atom stereocenters. The van der Waals surface area contributed by atoms with E-state index in [4.69, 9.17) is 33.7 Å². The Morgan fingerprint density at radius 2 is 2.00 bits per heavy atom. The number of benzene rings is 2. The van der Waals surface area contributed by atoms with Gasteiger partial charge in [-0.3, -0.25) is 0 Å². The Morgan fingerprint density at radius 3 is 2.70 bits per heavy atom. The van der Waals surface area contributed by atoms with Crippen LogP contribution in [0.3, 0.4) is 0 Å². The molecule has 0 amide bonds. The molecule has 0 bridgehead atoms. The number of nitrogens with two attached hydrogens (primary N) is 1. The van der Waals surface area contributed by atoms with Crippen molar-refractivity contribution >= 4 is 35.1 Å². The molecule has 140 valence electrons. The van der Waals surface area contributed by atoms with Crippen molar-refractivity contribution in [1.29, 1.82) is 0 Å². The number of fused-ring (bicyclic) bond motifs is 1. The van der Waals surface area contributed by atoms with Crippen LogP contribution in [-0.2, 0) is 0 Å². The topological polar surface area (TPSA) is 78.0 Å². The maximum absolute atomic E-state index is 6.44. The van der Waals surface area contributed by atoms with Crippen molar-refractivity contribution in [2.75, 3.05) is 17.7 Å². The summed E-state index contributed by atoms with van der Waals surface area (Å²) in [7, 11) is 0. The molecule has 1 aromatic heterocycles. The van der Waals surface area contributed by atoms with Gasteiger partial charge in [-0.05, 0) is 48.7 Å². The highest BCUT2D eigenvalue weighted by molar-refractivity contribution is 6.35. The van der Waals surface area contributed by atoms with E-state index in [9.17, 15) is 0 Å². The fraction of sp³-hybridized carbons (Fsp3) is 0.263. The summed E-state index contributed by atoms with van der Waals surface area (Å²) < 4.78 is 7.37. The molecule has 2 atom stereocenters.